The summed E-state index contributed by atoms with van der Waals surface area (Å²) < 4.78 is 0. The Kier molecular flexibility index (Phi) is 2.41. The Morgan fingerprint density at radius 1 is 0.824 bits per heavy atom. The number of benzene rings is 2. The summed E-state index contributed by atoms with van der Waals surface area (Å²) in [6.45, 7) is 2.12. The first-order valence-electron chi connectivity index (χ1n) is 5.88. The molecule has 1 aliphatic rings. The van der Waals surface area contributed by atoms with E-state index in [1.807, 2.05) is 0 Å². The molecular weight excluding hydrogens is 204 g/mol. The van der Waals surface area contributed by atoms with Crippen LogP contribution in [0.3, 0.4) is 0 Å². The summed E-state index contributed by atoms with van der Waals surface area (Å²) in [6.07, 6.45) is 6.70. The van der Waals surface area contributed by atoms with E-state index in [0.717, 1.165) is 0 Å². The maximum absolute atomic E-state index is 2.23. The van der Waals surface area contributed by atoms with Crippen LogP contribution in [-0.2, 0) is 0 Å². The molecule has 0 aliphatic heterocycles. The fraction of sp³-hybridized carbons (Fsp3) is 0.0588. The van der Waals surface area contributed by atoms with Crippen molar-refractivity contribution in [2.24, 2.45) is 0 Å². The molecule has 0 heteroatoms. The van der Waals surface area contributed by atoms with Crippen molar-refractivity contribution >= 4 is 18.2 Å². The molecule has 17 heavy (non-hydrogen) atoms. The smallest absolute Gasteiger partial charge is 0.0178 e. The Labute approximate surface area is 101 Å². The van der Waals surface area contributed by atoms with Gasteiger partial charge in [0.05, 0.1) is 0 Å². The number of fused-ring (bicyclic) bond motifs is 1. The quantitative estimate of drug-likeness (QED) is 0.690. The van der Waals surface area contributed by atoms with E-state index in [9.17, 15) is 0 Å². The van der Waals surface area contributed by atoms with Gasteiger partial charge in [-0.1, -0.05) is 54.1 Å². The van der Waals surface area contributed by atoms with Gasteiger partial charge in [-0.15, -0.1) is 0 Å². The first-order chi connectivity index (χ1) is 8.31. The van der Waals surface area contributed by atoms with Crippen molar-refractivity contribution in [3.8, 4) is 0 Å². The SMILES string of the molecule is Cc1cccc(C=C2C=c3ccccc3=C2)c1. The van der Waals surface area contributed by atoms with Crippen molar-refractivity contribution in [1.29, 1.82) is 0 Å². The summed E-state index contributed by atoms with van der Waals surface area (Å²) in [6, 6.07) is 17.0. The van der Waals surface area contributed by atoms with Crippen LogP contribution >= 0.6 is 0 Å². The topological polar surface area (TPSA) is 0 Å². The van der Waals surface area contributed by atoms with Gasteiger partial charge in [-0.2, -0.15) is 0 Å². The van der Waals surface area contributed by atoms with Gasteiger partial charge < -0.3 is 0 Å². The third-order valence-corrected chi connectivity index (χ3v) is 3.02. The maximum Gasteiger partial charge on any atom is -0.0178 e. The van der Waals surface area contributed by atoms with Crippen LogP contribution in [-0.4, -0.2) is 0 Å². The molecule has 3 rings (SSSR count). The molecule has 0 N–H and O–H groups in total. The van der Waals surface area contributed by atoms with Crippen LogP contribution < -0.4 is 10.4 Å². The monoisotopic (exact) mass is 218 g/mol. The third kappa shape index (κ3) is 2.07. The third-order valence-electron chi connectivity index (χ3n) is 3.02. The highest BCUT2D eigenvalue weighted by Crippen LogP contribution is 2.12. The summed E-state index contributed by atoms with van der Waals surface area (Å²) in [5, 5.41) is 2.62. The van der Waals surface area contributed by atoms with E-state index in [1.165, 1.54) is 27.1 Å². The van der Waals surface area contributed by atoms with E-state index >= 15 is 0 Å². The Morgan fingerprint density at radius 3 is 2.18 bits per heavy atom. The molecule has 1 aliphatic carbocycles. The van der Waals surface area contributed by atoms with Gasteiger partial charge in [0.25, 0.3) is 0 Å². The van der Waals surface area contributed by atoms with Gasteiger partial charge in [0, 0.05) is 0 Å². The minimum Gasteiger partial charge on any atom is -0.0616 e. The minimum atomic E-state index is 1.26. The van der Waals surface area contributed by atoms with Crippen LogP contribution in [0.5, 0.6) is 0 Å². The second kappa shape index (κ2) is 4.06. The van der Waals surface area contributed by atoms with Gasteiger partial charge in [0.1, 0.15) is 0 Å². The van der Waals surface area contributed by atoms with Crippen molar-refractivity contribution in [1.82, 2.24) is 0 Å². The Balaban J connectivity index is 2.06. The number of aryl methyl sites for hydroxylation is 1. The Morgan fingerprint density at radius 2 is 1.53 bits per heavy atom. The number of allylic oxidation sites excluding steroid dienone is 1. The van der Waals surface area contributed by atoms with E-state index in [1.54, 1.807) is 0 Å². The molecule has 0 radical (unpaired) electrons. The molecule has 0 nitrogen and oxygen atoms in total. The molecule has 2 aromatic rings. The molecule has 0 aromatic heterocycles. The fourth-order valence-electron chi connectivity index (χ4n) is 2.21. The largest absolute Gasteiger partial charge is 0.0616 e. The molecule has 0 bridgehead atoms. The number of hydrogen-bond acceptors (Lipinski definition) is 0. The molecular formula is C17H14. The van der Waals surface area contributed by atoms with Crippen molar-refractivity contribution in [3.63, 3.8) is 0 Å². The average Bonchev–Trinajstić information content (AvgIpc) is 2.71. The zero-order valence-electron chi connectivity index (χ0n) is 9.85. The zero-order valence-corrected chi connectivity index (χ0v) is 9.85. The van der Waals surface area contributed by atoms with Gasteiger partial charge in [-0.05, 0) is 46.7 Å². The summed E-state index contributed by atoms with van der Waals surface area (Å²) in [4.78, 5) is 0. The van der Waals surface area contributed by atoms with E-state index in [4.69, 9.17) is 0 Å². The highest BCUT2D eigenvalue weighted by molar-refractivity contribution is 5.80. The van der Waals surface area contributed by atoms with Gasteiger partial charge in [0.15, 0.2) is 0 Å². The highest BCUT2D eigenvalue weighted by Gasteiger charge is 1.98. The second-order valence-corrected chi connectivity index (χ2v) is 4.48. The first-order valence-corrected chi connectivity index (χ1v) is 5.88. The lowest BCUT2D eigenvalue weighted by molar-refractivity contribution is 1.46. The minimum absolute atomic E-state index is 1.26. The van der Waals surface area contributed by atoms with E-state index in [0.29, 0.717) is 0 Å². The Hall–Kier alpha value is -2.08. The van der Waals surface area contributed by atoms with Gasteiger partial charge >= 0.3 is 0 Å². The first kappa shape index (κ1) is 10.1. The van der Waals surface area contributed by atoms with Gasteiger partial charge in [-0.25, -0.2) is 0 Å². The Bertz CT molecular complexity index is 666. The summed E-state index contributed by atoms with van der Waals surface area (Å²) in [7, 11) is 0. The molecule has 0 amide bonds. The molecule has 82 valence electrons. The van der Waals surface area contributed by atoms with Crippen molar-refractivity contribution in [2.45, 2.75) is 6.92 Å². The highest BCUT2D eigenvalue weighted by atomic mass is 14.0. The van der Waals surface area contributed by atoms with E-state index < -0.39 is 0 Å². The molecule has 0 unspecified atom stereocenters. The zero-order chi connectivity index (χ0) is 11.7. The predicted octanol–water partition coefficient (Wildman–Crippen LogP) is 2.65. The molecule has 0 atom stereocenters. The lowest BCUT2D eigenvalue weighted by atomic mass is 10.1. The summed E-state index contributed by atoms with van der Waals surface area (Å²) in [5.41, 5.74) is 3.84. The maximum atomic E-state index is 2.23. The lowest BCUT2D eigenvalue weighted by Gasteiger charge is -1.96. The van der Waals surface area contributed by atoms with Crippen LogP contribution in [0.4, 0.5) is 0 Å². The van der Waals surface area contributed by atoms with Crippen LogP contribution in [0, 0.1) is 6.92 Å². The number of hydrogen-bond donors (Lipinski definition) is 0. The lowest BCUT2D eigenvalue weighted by Crippen LogP contribution is -2.19. The molecule has 0 heterocycles. The van der Waals surface area contributed by atoms with Crippen LogP contribution in [0.15, 0.2) is 54.1 Å². The van der Waals surface area contributed by atoms with Crippen molar-refractivity contribution in [2.75, 3.05) is 0 Å². The van der Waals surface area contributed by atoms with Crippen LogP contribution in [0.2, 0.25) is 0 Å². The molecule has 2 aromatic carbocycles. The summed E-state index contributed by atoms with van der Waals surface area (Å²) >= 11 is 0. The van der Waals surface area contributed by atoms with E-state index in [-0.39, 0.29) is 0 Å². The molecule has 0 saturated carbocycles. The molecule has 0 spiro atoms. The van der Waals surface area contributed by atoms with Crippen molar-refractivity contribution < 1.29 is 0 Å². The van der Waals surface area contributed by atoms with Crippen LogP contribution in [0.1, 0.15) is 11.1 Å². The predicted molar refractivity (Wildman–Crippen MR) is 73.8 cm³/mol. The van der Waals surface area contributed by atoms with Crippen LogP contribution in [0.25, 0.3) is 18.2 Å². The normalized spacial score (nSPS) is 12.6. The fourth-order valence-corrected chi connectivity index (χ4v) is 2.21. The summed E-state index contributed by atoms with van der Waals surface area (Å²) in [5.74, 6) is 0. The van der Waals surface area contributed by atoms with Crippen molar-refractivity contribution in [3.05, 3.63) is 75.7 Å². The standard InChI is InChI=1S/C17H14/c1-13-5-4-6-14(9-13)10-15-11-16-7-2-3-8-17(16)12-15/h2-12H,1H3. The molecule has 0 fully saturated rings. The second-order valence-electron chi connectivity index (χ2n) is 4.48. The van der Waals surface area contributed by atoms with Gasteiger partial charge in [0.2, 0.25) is 0 Å². The van der Waals surface area contributed by atoms with E-state index in [2.05, 4.69) is 73.7 Å². The average molecular weight is 218 g/mol. The number of rotatable bonds is 1. The molecule has 0 saturated heterocycles. The van der Waals surface area contributed by atoms with Gasteiger partial charge in [-0.3, -0.25) is 0 Å².